The van der Waals surface area contributed by atoms with Gasteiger partial charge in [0.05, 0.1) is 35.7 Å². The Balaban J connectivity index is 1.22. The van der Waals surface area contributed by atoms with Gasteiger partial charge in [-0.05, 0) is 31.4 Å². The van der Waals surface area contributed by atoms with Crippen LogP contribution < -0.4 is 10.8 Å². The van der Waals surface area contributed by atoms with Crippen molar-refractivity contribution in [2.45, 2.75) is 63.5 Å². The molecule has 8 heteroatoms. The molecule has 1 saturated carbocycles. The first-order chi connectivity index (χ1) is 16.7. The highest BCUT2D eigenvalue weighted by Crippen LogP contribution is 2.45. The van der Waals surface area contributed by atoms with Crippen molar-refractivity contribution in [3.63, 3.8) is 0 Å². The number of aromatic nitrogens is 3. The van der Waals surface area contributed by atoms with Gasteiger partial charge in [0.1, 0.15) is 5.60 Å². The van der Waals surface area contributed by atoms with Gasteiger partial charge in [0.15, 0.2) is 5.65 Å². The lowest BCUT2D eigenvalue weighted by molar-refractivity contribution is -0.159. The zero-order valence-electron chi connectivity index (χ0n) is 19.5. The van der Waals surface area contributed by atoms with Crippen molar-refractivity contribution in [1.29, 1.82) is 0 Å². The van der Waals surface area contributed by atoms with Crippen LogP contribution in [-0.2, 0) is 27.5 Å². The second kappa shape index (κ2) is 9.02. The van der Waals surface area contributed by atoms with Crippen LogP contribution in [0.25, 0.3) is 16.7 Å². The van der Waals surface area contributed by atoms with Crippen molar-refractivity contribution in [3.8, 4) is 0 Å². The number of pyridine rings is 1. The van der Waals surface area contributed by atoms with Gasteiger partial charge in [0.25, 0.3) is 0 Å². The van der Waals surface area contributed by atoms with Crippen molar-refractivity contribution < 1.29 is 14.3 Å². The molecule has 1 aliphatic carbocycles. The van der Waals surface area contributed by atoms with Crippen LogP contribution in [0.2, 0.25) is 0 Å². The molecule has 1 aromatic carbocycles. The minimum Gasteiger partial charge on any atom is -0.381 e. The Morgan fingerprint density at radius 2 is 2.00 bits per heavy atom. The van der Waals surface area contributed by atoms with Crippen LogP contribution in [0.15, 0.2) is 48.8 Å². The Bertz CT molecular complexity index is 1180. The molecule has 3 aliphatic rings. The lowest BCUT2D eigenvalue weighted by Crippen LogP contribution is -2.48. The van der Waals surface area contributed by atoms with E-state index in [0.29, 0.717) is 12.6 Å². The molecule has 8 nitrogen and oxygen atoms in total. The molecule has 2 fully saturated rings. The van der Waals surface area contributed by atoms with Crippen molar-refractivity contribution in [3.05, 3.63) is 59.9 Å². The van der Waals surface area contributed by atoms with Gasteiger partial charge in [-0.25, -0.2) is 9.67 Å². The van der Waals surface area contributed by atoms with E-state index in [4.69, 9.17) is 19.3 Å². The standard InChI is InChI=1S/C26H31N5O3/c1-2-31-25-22(16-28-31)24(29-19-8-10-32-11-9-19)21(15-27-25)23-14-26(34-30-23)12-20(13-26)33-17-18-6-4-3-5-7-18/h3-7,14-16,19-20,30H,2,8-13,17H2,1H3,(H,27,29). The fraction of sp³-hybridized carbons (Fsp3) is 0.462. The fourth-order valence-electron chi connectivity index (χ4n) is 5.09. The molecular formula is C26H31N5O3. The number of nitrogens with zero attached hydrogens (tertiary/aromatic N) is 3. The summed E-state index contributed by atoms with van der Waals surface area (Å²) in [4.78, 5) is 10.8. The van der Waals surface area contributed by atoms with Gasteiger partial charge in [-0.2, -0.15) is 5.10 Å². The van der Waals surface area contributed by atoms with Crippen LogP contribution in [0.5, 0.6) is 0 Å². The zero-order chi connectivity index (χ0) is 23.0. The predicted molar refractivity (Wildman–Crippen MR) is 130 cm³/mol. The van der Waals surface area contributed by atoms with Crippen molar-refractivity contribution >= 4 is 22.4 Å². The van der Waals surface area contributed by atoms with E-state index < -0.39 is 0 Å². The second-order valence-corrected chi connectivity index (χ2v) is 9.43. The van der Waals surface area contributed by atoms with Gasteiger partial charge in [-0.3, -0.25) is 10.3 Å². The smallest absolute Gasteiger partial charge is 0.159 e. The average Bonchev–Trinajstić information content (AvgIpc) is 3.49. The summed E-state index contributed by atoms with van der Waals surface area (Å²) in [6.45, 7) is 5.07. The van der Waals surface area contributed by atoms with Crippen molar-refractivity contribution in [2.24, 2.45) is 0 Å². The number of anilines is 1. The monoisotopic (exact) mass is 461 g/mol. The Hall–Kier alpha value is -2.94. The van der Waals surface area contributed by atoms with E-state index in [9.17, 15) is 0 Å². The van der Waals surface area contributed by atoms with Gasteiger partial charge in [0.2, 0.25) is 0 Å². The molecule has 34 heavy (non-hydrogen) atoms. The molecule has 1 saturated heterocycles. The third-order valence-electron chi connectivity index (χ3n) is 7.07. The largest absolute Gasteiger partial charge is 0.381 e. The summed E-state index contributed by atoms with van der Waals surface area (Å²) in [7, 11) is 0. The summed E-state index contributed by atoms with van der Waals surface area (Å²) >= 11 is 0. The molecule has 4 heterocycles. The topological polar surface area (TPSA) is 82.5 Å². The number of nitrogens with one attached hydrogen (secondary N) is 2. The normalized spacial score (nSPS) is 24.7. The number of aryl methyl sites for hydroxylation is 1. The van der Waals surface area contributed by atoms with E-state index in [1.54, 1.807) is 0 Å². The summed E-state index contributed by atoms with van der Waals surface area (Å²) in [6.07, 6.45) is 9.89. The Labute approximate surface area is 199 Å². The molecule has 0 amide bonds. The van der Waals surface area contributed by atoms with Crippen molar-refractivity contribution in [1.82, 2.24) is 20.2 Å². The number of ether oxygens (including phenoxy) is 2. The lowest BCUT2D eigenvalue weighted by Gasteiger charge is -2.41. The van der Waals surface area contributed by atoms with E-state index in [1.165, 1.54) is 5.56 Å². The number of hydrogen-bond acceptors (Lipinski definition) is 7. The summed E-state index contributed by atoms with van der Waals surface area (Å²) in [5, 5.41) is 9.37. The van der Waals surface area contributed by atoms with E-state index >= 15 is 0 Å². The first-order valence-corrected chi connectivity index (χ1v) is 12.2. The highest BCUT2D eigenvalue weighted by Gasteiger charge is 2.48. The molecule has 3 aromatic rings. The SMILES string of the molecule is CCn1ncc2c(NC3CCOCC3)c(C3=CC4(CC(OCc5ccccc5)C4)ON3)cnc21. The van der Waals surface area contributed by atoms with Crippen LogP contribution in [0.4, 0.5) is 5.69 Å². The second-order valence-electron chi connectivity index (χ2n) is 9.43. The maximum atomic E-state index is 6.10. The van der Waals surface area contributed by atoms with Crippen LogP contribution in [0.3, 0.4) is 0 Å². The zero-order valence-corrected chi connectivity index (χ0v) is 19.5. The van der Waals surface area contributed by atoms with Gasteiger partial charge in [0, 0.05) is 50.4 Å². The van der Waals surface area contributed by atoms with E-state index in [1.807, 2.05) is 35.3 Å². The minimum absolute atomic E-state index is 0.195. The summed E-state index contributed by atoms with van der Waals surface area (Å²) in [5.74, 6) is 0. The third-order valence-corrected chi connectivity index (χ3v) is 7.07. The maximum Gasteiger partial charge on any atom is 0.159 e. The van der Waals surface area contributed by atoms with Gasteiger partial charge in [-0.15, -0.1) is 0 Å². The Morgan fingerprint density at radius 3 is 2.79 bits per heavy atom. The van der Waals surface area contributed by atoms with E-state index in [-0.39, 0.29) is 11.7 Å². The van der Waals surface area contributed by atoms with Crippen LogP contribution >= 0.6 is 0 Å². The molecule has 0 unspecified atom stereocenters. The Morgan fingerprint density at radius 1 is 1.18 bits per heavy atom. The van der Waals surface area contributed by atoms with Crippen LogP contribution in [-0.4, -0.2) is 45.7 Å². The summed E-state index contributed by atoms with van der Waals surface area (Å²) in [5.41, 5.74) is 7.99. The minimum atomic E-state index is -0.324. The predicted octanol–water partition coefficient (Wildman–Crippen LogP) is 4.04. The number of hydrogen-bond donors (Lipinski definition) is 2. The highest BCUT2D eigenvalue weighted by molar-refractivity contribution is 5.95. The van der Waals surface area contributed by atoms with E-state index in [2.05, 4.69) is 41.0 Å². The van der Waals surface area contributed by atoms with Gasteiger partial charge >= 0.3 is 0 Å². The number of rotatable bonds is 7. The highest BCUT2D eigenvalue weighted by atomic mass is 16.7. The molecule has 1 spiro atoms. The lowest BCUT2D eigenvalue weighted by atomic mass is 9.77. The van der Waals surface area contributed by atoms with Crippen LogP contribution in [0.1, 0.15) is 43.7 Å². The molecule has 0 radical (unpaired) electrons. The molecule has 0 atom stereocenters. The third kappa shape index (κ3) is 4.06. The average molecular weight is 462 g/mol. The molecule has 178 valence electrons. The fourth-order valence-corrected chi connectivity index (χ4v) is 5.09. The molecule has 2 N–H and O–H groups in total. The molecule has 2 aromatic heterocycles. The summed E-state index contributed by atoms with van der Waals surface area (Å²) in [6, 6.07) is 10.7. The van der Waals surface area contributed by atoms with Crippen molar-refractivity contribution in [2.75, 3.05) is 18.5 Å². The molecule has 0 bridgehead atoms. The number of fused-ring (bicyclic) bond motifs is 1. The molecular weight excluding hydrogens is 430 g/mol. The number of benzene rings is 1. The molecule has 6 rings (SSSR count). The van der Waals surface area contributed by atoms with Crippen LogP contribution in [0, 0.1) is 0 Å². The van der Waals surface area contributed by atoms with Gasteiger partial charge in [-0.1, -0.05) is 30.3 Å². The molecule has 2 aliphatic heterocycles. The quantitative estimate of drug-likeness (QED) is 0.550. The van der Waals surface area contributed by atoms with E-state index in [0.717, 1.165) is 73.4 Å². The first kappa shape index (κ1) is 21.6. The Kier molecular flexibility index (Phi) is 5.72. The number of hydroxylamine groups is 1. The maximum absolute atomic E-state index is 6.10. The van der Waals surface area contributed by atoms with Gasteiger partial charge < -0.3 is 14.8 Å². The first-order valence-electron chi connectivity index (χ1n) is 12.2. The summed E-state index contributed by atoms with van der Waals surface area (Å²) < 4.78 is 13.6.